The van der Waals surface area contributed by atoms with Crippen molar-refractivity contribution in [1.82, 2.24) is 4.98 Å². The van der Waals surface area contributed by atoms with Crippen LogP contribution in [-0.4, -0.2) is 35.4 Å². The van der Waals surface area contributed by atoms with Gasteiger partial charge in [0.2, 0.25) is 5.88 Å². The van der Waals surface area contributed by atoms with Crippen LogP contribution in [0.4, 0.5) is 11.5 Å². The minimum absolute atomic E-state index is 0.256. The zero-order valence-electron chi connectivity index (χ0n) is 13.3. The number of hydrogen-bond acceptors (Lipinski definition) is 5. The zero-order chi connectivity index (χ0) is 15.5. The van der Waals surface area contributed by atoms with E-state index in [1.54, 1.807) is 0 Å². The summed E-state index contributed by atoms with van der Waals surface area (Å²) in [6, 6.07) is 3.81. The highest BCUT2D eigenvalue weighted by Gasteiger charge is 2.22. The van der Waals surface area contributed by atoms with Crippen molar-refractivity contribution in [2.75, 3.05) is 30.3 Å². The molecule has 2 heterocycles. The molecule has 1 aliphatic heterocycles. The first kappa shape index (κ1) is 15.9. The highest BCUT2D eigenvalue weighted by atomic mass is 16.5. The number of aliphatic hydroxyl groups excluding tert-OH is 1. The number of aliphatic hydroxyl groups is 1. The number of rotatable bonds is 4. The third-order valence-corrected chi connectivity index (χ3v) is 3.66. The number of nitrogens with zero attached hydrogens (tertiary/aromatic N) is 2. The van der Waals surface area contributed by atoms with Gasteiger partial charge in [0.15, 0.2) is 0 Å². The maximum atomic E-state index is 9.11. The van der Waals surface area contributed by atoms with Gasteiger partial charge in [-0.05, 0) is 58.1 Å². The summed E-state index contributed by atoms with van der Waals surface area (Å²) in [6.07, 6.45) is 3.17. The predicted octanol–water partition coefficient (Wildman–Crippen LogP) is 2.44. The Morgan fingerprint density at radius 2 is 2.19 bits per heavy atom. The van der Waals surface area contributed by atoms with Crippen LogP contribution in [0, 0.1) is 5.92 Å². The molecular formula is C16H27N3O2. The Kier molecular flexibility index (Phi) is 4.93. The van der Waals surface area contributed by atoms with Crippen molar-refractivity contribution in [3.63, 3.8) is 0 Å². The van der Waals surface area contributed by atoms with Gasteiger partial charge >= 0.3 is 0 Å². The van der Waals surface area contributed by atoms with Gasteiger partial charge in [0.25, 0.3) is 0 Å². The van der Waals surface area contributed by atoms with Gasteiger partial charge < -0.3 is 20.5 Å². The molecule has 0 bridgehead atoms. The van der Waals surface area contributed by atoms with E-state index in [2.05, 4.69) is 9.88 Å². The molecule has 1 aliphatic rings. The molecule has 3 N–H and O–H groups in total. The molecule has 1 aromatic rings. The van der Waals surface area contributed by atoms with E-state index in [4.69, 9.17) is 15.6 Å². The number of piperidine rings is 1. The van der Waals surface area contributed by atoms with Crippen LogP contribution in [0.2, 0.25) is 0 Å². The Bertz CT molecular complexity index is 469. The minimum Gasteiger partial charge on any atom is -0.470 e. The lowest BCUT2D eigenvalue weighted by Gasteiger charge is -2.34. The molecule has 1 aromatic heterocycles. The minimum atomic E-state index is -0.318. The summed E-state index contributed by atoms with van der Waals surface area (Å²) in [5.74, 6) is 1.95. The van der Waals surface area contributed by atoms with Crippen LogP contribution in [0.1, 0.15) is 40.0 Å². The average molecular weight is 293 g/mol. The van der Waals surface area contributed by atoms with Gasteiger partial charge in [-0.15, -0.1) is 0 Å². The van der Waals surface area contributed by atoms with E-state index in [-0.39, 0.29) is 12.2 Å². The second kappa shape index (κ2) is 6.52. The summed E-state index contributed by atoms with van der Waals surface area (Å²) >= 11 is 0. The number of hydrogen-bond donors (Lipinski definition) is 2. The molecule has 1 unspecified atom stereocenters. The lowest BCUT2D eigenvalue weighted by Crippen LogP contribution is -2.36. The van der Waals surface area contributed by atoms with E-state index in [1.165, 1.54) is 6.42 Å². The molecule has 1 fully saturated rings. The number of nitrogens with two attached hydrogens (primary N) is 1. The highest BCUT2D eigenvalue weighted by molar-refractivity contribution is 5.55. The largest absolute Gasteiger partial charge is 0.470 e. The summed E-state index contributed by atoms with van der Waals surface area (Å²) in [5, 5.41) is 9.11. The lowest BCUT2D eigenvalue weighted by molar-refractivity contribution is 0.125. The van der Waals surface area contributed by atoms with Gasteiger partial charge in [-0.3, -0.25) is 0 Å². The van der Waals surface area contributed by atoms with E-state index in [0.29, 0.717) is 17.5 Å². The second-order valence-electron chi connectivity index (χ2n) is 6.74. The third-order valence-electron chi connectivity index (χ3n) is 3.66. The fourth-order valence-corrected chi connectivity index (χ4v) is 2.68. The van der Waals surface area contributed by atoms with Gasteiger partial charge in [0.1, 0.15) is 11.4 Å². The van der Waals surface area contributed by atoms with Gasteiger partial charge in [0.05, 0.1) is 5.69 Å². The van der Waals surface area contributed by atoms with Crippen LogP contribution >= 0.6 is 0 Å². The van der Waals surface area contributed by atoms with Gasteiger partial charge in [0, 0.05) is 19.7 Å². The maximum Gasteiger partial charge on any atom is 0.239 e. The molecule has 0 saturated carbocycles. The molecule has 0 aliphatic carbocycles. The molecule has 0 radical (unpaired) electrons. The monoisotopic (exact) mass is 293 g/mol. The number of pyridine rings is 1. The molecule has 1 atom stereocenters. The Balaban J connectivity index is 2.14. The number of ether oxygens (including phenoxy) is 1. The fraction of sp³-hybridized carbons (Fsp3) is 0.688. The molecule has 5 heteroatoms. The van der Waals surface area contributed by atoms with Crippen molar-refractivity contribution >= 4 is 11.5 Å². The van der Waals surface area contributed by atoms with E-state index >= 15 is 0 Å². The Labute approximate surface area is 127 Å². The summed E-state index contributed by atoms with van der Waals surface area (Å²) in [4.78, 5) is 6.85. The normalized spacial score (nSPS) is 19.6. The Morgan fingerprint density at radius 3 is 2.86 bits per heavy atom. The zero-order valence-corrected chi connectivity index (χ0v) is 13.3. The molecule has 21 heavy (non-hydrogen) atoms. The highest BCUT2D eigenvalue weighted by Crippen LogP contribution is 2.29. The first-order valence-electron chi connectivity index (χ1n) is 7.70. The fourth-order valence-electron chi connectivity index (χ4n) is 2.68. The van der Waals surface area contributed by atoms with Crippen molar-refractivity contribution in [3.8, 4) is 5.88 Å². The summed E-state index contributed by atoms with van der Waals surface area (Å²) in [5.41, 5.74) is 6.21. The molecule has 5 nitrogen and oxygen atoms in total. The van der Waals surface area contributed by atoms with Crippen LogP contribution in [-0.2, 0) is 0 Å². The Morgan fingerprint density at radius 1 is 1.43 bits per heavy atom. The van der Waals surface area contributed by atoms with E-state index < -0.39 is 0 Å². The smallest absolute Gasteiger partial charge is 0.239 e. The molecular weight excluding hydrogens is 266 g/mol. The molecule has 0 spiro atoms. The van der Waals surface area contributed by atoms with Crippen molar-refractivity contribution < 1.29 is 9.84 Å². The first-order chi connectivity index (χ1) is 9.89. The van der Waals surface area contributed by atoms with Crippen LogP contribution in [0.15, 0.2) is 12.1 Å². The number of anilines is 2. The number of aromatic nitrogens is 1. The molecule has 0 aromatic carbocycles. The lowest BCUT2D eigenvalue weighted by atomic mass is 9.95. The summed E-state index contributed by atoms with van der Waals surface area (Å²) in [7, 11) is 0. The van der Waals surface area contributed by atoms with E-state index in [9.17, 15) is 0 Å². The summed E-state index contributed by atoms with van der Waals surface area (Å²) < 4.78 is 5.84. The van der Waals surface area contributed by atoms with Crippen molar-refractivity contribution in [3.05, 3.63) is 12.1 Å². The Hall–Kier alpha value is -1.49. The second-order valence-corrected chi connectivity index (χ2v) is 6.74. The molecule has 0 amide bonds. The molecule has 2 rings (SSSR count). The maximum absolute atomic E-state index is 9.11. The van der Waals surface area contributed by atoms with Crippen LogP contribution < -0.4 is 15.4 Å². The third kappa shape index (κ3) is 4.49. The van der Waals surface area contributed by atoms with Gasteiger partial charge in [-0.25, -0.2) is 0 Å². The number of nitrogen functional groups attached to an aromatic ring is 1. The first-order valence-corrected chi connectivity index (χ1v) is 7.70. The van der Waals surface area contributed by atoms with Crippen LogP contribution in [0.3, 0.4) is 0 Å². The summed E-state index contributed by atoms with van der Waals surface area (Å²) in [6.45, 7) is 8.14. The van der Waals surface area contributed by atoms with Crippen molar-refractivity contribution in [2.45, 2.75) is 45.6 Å². The standard InChI is InChI=1S/C16H27N3O2/c1-16(2,3)21-15-13(17)6-7-14(18-15)19-9-4-5-12(11-19)8-10-20/h6-7,12,20H,4-5,8-11,17H2,1-3H3. The van der Waals surface area contributed by atoms with Crippen LogP contribution in [0.25, 0.3) is 0 Å². The average Bonchev–Trinajstić information content (AvgIpc) is 2.40. The van der Waals surface area contributed by atoms with Crippen molar-refractivity contribution in [1.29, 1.82) is 0 Å². The van der Waals surface area contributed by atoms with Crippen LogP contribution in [0.5, 0.6) is 5.88 Å². The topological polar surface area (TPSA) is 71.6 Å². The quantitative estimate of drug-likeness (QED) is 0.892. The molecule has 1 saturated heterocycles. The van der Waals surface area contributed by atoms with Crippen molar-refractivity contribution in [2.24, 2.45) is 5.92 Å². The van der Waals surface area contributed by atoms with E-state index in [0.717, 1.165) is 31.7 Å². The molecule has 118 valence electrons. The SMILES string of the molecule is CC(C)(C)Oc1nc(N2CCCC(CCO)C2)ccc1N. The van der Waals surface area contributed by atoms with E-state index in [1.807, 2.05) is 32.9 Å². The van der Waals surface area contributed by atoms with Gasteiger partial charge in [-0.2, -0.15) is 4.98 Å². The predicted molar refractivity (Wildman–Crippen MR) is 85.7 cm³/mol. The van der Waals surface area contributed by atoms with Gasteiger partial charge in [-0.1, -0.05) is 0 Å².